The number of aromatic nitrogens is 2. The molecule has 3 aromatic carbocycles. The van der Waals surface area contributed by atoms with Crippen LogP contribution in [0.2, 0.25) is 0 Å². The lowest BCUT2D eigenvalue weighted by atomic mass is 10.0. The number of carbonyl (C=O) groups excluding carboxylic acids is 1. The summed E-state index contributed by atoms with van der Waals surface area (Å²) in [7, 11) is 0. The van der Waals surface area contributed by atoms with Gasteiger partial charge in [-0.1, -0.05) is 96.2 Å². The summed E-state index contributed by atoms with van der Waals surface area (Å²) in [6, 6.07) is 26.5. The fourth-order valence-electron chi connectivity index (χ4n) is 3.60. The normalized spacial score (nSPS) is 11.0. The molecule has 2 heterocycles. The van der Waals surface area contributed by atoms with Crippen LogP contribution in [0.5, 0.6) is 0 Å². The van der Waals surface area contributed by atoms with Crippen molar-refractivity contribution in [1.82, 2.24) is 9.97 Å². The van der Waals surface area contributed by atoms with Gasteiger partial charge in [0.2, 0.25) is 0 Å². The van der Waals surface area contributed by atoms with Crippen molar-refractivity contribution in [3.8, 4) is 22.3 Å². The van der Waals surface area contributed by atoms with Gasteiger partial charge in [-0.15, -0.1) is 11.3 Å². The Hall–Kier alpha value is -3.28. The van der Waals surface area contributed by atoms with Gasteiger partial charge >= 0.3 is 0 Å². The number of thiophene rings is 1. The van der Waals surface area contributed by atoms with E-state index in [0.29, 0.717) is 11.3 Å². The molecule has 0 aliphatic heterocycles. The van der Waals surface area contributed by atoms with E-state index < -0.39 is 0 Å². The number of aryl methyl sites for hydroxylation is 1. The maximum absolute atomic E-state index is 12.9. The lowest BCUT2D eigenvalue weighted by molar-refractivity contribution is 0.102. The molecular formula is C27H20N2OS2. The number of fused-ring (bicyclic) bond motifs is 1. The van der Waals surface area contributed by atoms with Crippen LogP contribution in [0.15, 0.2) is 95.6 Å². The number of thioether (sulfide) groups is 1. The predicted octanol–water partition coefficient (Wildman–Crippen LogP) is 7.31. The average Bonchev–Trinajstić information content (AvgIpc) is 3.28. The van der Waals surface area contributed by atoms with Crippen LogP contribution in [0, 0.1) is 6.92 Å². The summed E-state index contributed by atoms with van der Waals surface area (Å²) in [6.45, 7) is 2.08. The van der Waals surface area contributed by atoms with Crippen molar-refractivity contribution in [2.24, 2.45) is 0 Å². The molecule has 156 valence electrons. The van der Waals surface area contributed by atoms with Crippen LogP contribution in [-0.4, -0.2) is 21.5 Å². The summed E-state index contributed by atoms with van der Waals surface area (Å²) in [5, 5.41) is 4.00. The van der Waals surface area contributed by atoms with Gasteiger partial charge < -0.3 is 0 Å². The second kappa shape index (κ2) is 9.07. The zero-order valence-electron chi connectivity index (χ0n) is 17.5. The Bertz CT molecular complexity index is 1380. The molecule has 0 radical (unpaired) electrons. The second-order valence-electron chi connectivity index (χ2n) is 7.53. The number of hydrogen-bond donors (Lipinski definition) is 0. The highest BCUT2D eigenvalue weighted by Crippen LogP contribution is 2.38. The number of ketones is 1. The Morgan fingerprint density at radius 3 is 2.28 bits per heavy atom. The molecule has 5 aromatic rings. The molecule has 0 N–H and O–H groups in total. The molecule has 0 amide bonds. The first kappa shape index (κ1) is 20.6. The van der Waals surface area contributed by atoms with Crippen molar-refractivity contribution >= 4 is 39.1 Å². The Balaban J connectivity index is 1.36. The predicted molar refractivity (Wildman–Crippen MR) is 135 cm³/mol. The Labute approximate surface area is 195 Å². The van der Waals surface area contributed by atoms with Gasteiger partial charge in [0.1, 0.15) is 16.2 Å². The topological polar surface area (TPSA) is 42.9 Å². The van der Waals surface area contributed by atoms with E-state index >= 15 is 0 Å². The molecule has 0 aliphatic carbocycles. The monoisotopic (exact) mass is 452 g/mol. The van der Waals surface area contributed by atoms with Crippen molar-refractivity contribution < 1.29 is 4.79 Å². The van der Waals surface area contributed by atoms with Gasteiger partial charge in [0.25, 0.3) is 0 Å². The van der Waals surface area contributed by atoms with Crippen LogP contribution in [0.4, 0.5) is 0 Å². The maximum atomic E-state index is 12.9. The van der Waals surface area contributed by atoms with Gasteiger partial charge in [0, 0.05) is 16.5 Å². The molecule has 0 spiro atoms. The molecule has 0 saturated carbocycles. The van der Waals surface area contributed by atoms with Crippen molar-refractivity contribution in [2.75, 3.05) is 5.75 Å². The lowest BCUT2D eigenvalue weighted by Gasteiger charge is -2.06. The third-order valence-electron chi connectivity index (χ3n) is 5.35. The van der Waals surface area contributed by atoms with Crippen LogP contribution >= 0.6 is 23.1 Å². The van der Waals surface area contributed by atoms with Gasteiger partial charge in [0.15, 0.2) is 5.78 Å². The molecule has 5 heteroatoms. The van der Waals surface area contributed by atoms with Crippen molar-refractivity contribution in [3.05, 3.63) is 102 Å². The molecular weight excluding hydrogens is 432 g/mol. The minimum atomic E-state index is 0.0912. The summed E-state index contributed by atoms with van der Waals surface area (Å²) < 4.78 is 0. The maximum Gasteiger partial charge on any atom is 0.173 e. The summed E-state index contributed by atoms with van der Waals surface area (Å²) in [5.41, 5.74) is 6.45. The van der Waals surface area contributed by atoms with Gasteiger partial charge in [-0.25, -0.2) is 9.97 Å². The van der Waals surface area contributed by atoms with Crippen molar-refractivity contribution in [2.45, 2.75) is 11.9 Å². The van der Waals surface area contributed by atoms with Crippen LogP contribution < -0.4 is 0 Å². The summed E-state index contributed by atoms with van der Waals surface area (Å²) >= 11 is 3.08. The second-order valence-corrected chi connectivity index (χ2v) is 9.35. The Kier molecular flexibility index (Phi) is 5.84. The third kappa shape index (κ3) is 4.22. The molecule has 0 bridgehead atoms. The molecule has 3 nitrogen and oxygen atoms in total. The minimum absolute atomic E-state index is 0.0912. The Morgan fingerprint density at radius 2 is 1.53 bits per heavy atom. The number of carbonyl (C=O) groups is 1. The number of nitrogens with zero attached hydrogens (tertiary/aromatic N) is 2. The molecule has 32 heavy (non-hydrogen) atoms. The SMILES string of the molecule is Cc1ccc(-c2csc3ncnc(SCC(=O)c4ccc(-c5ccccc5)cc4)c23)cc1. The first-order chi connectivity index (χ1) is 15.7. The summed E-state index contributed by atoms with van der Waals surface area (Å²) in [5.74, 6) is 0.425. The van der Waals surface area contributed by atoms with Crippen LogP contribution in [0.25, 0.3) is 32.5 Å². The van der Waals surface area contributed by atoms with Crippen LogP contribution in [-0.2, 0) is 0 Å². The minimum Gasteiger partial charge on any atom is -0.293 e. The molecule has 0 atom stereocenters. The van der Waals surface area contributed by atoms with E-state index in [1.54, 1.807) is 17.7 Å². The zero-order valence-corrected chi connectivity index (χ0v) is 19.1. The molecule has 0 fully saturated rings. The number of Topliss-reactive ketones (excluding diaryl/α,β-unsaturated/α-hetero) is 1. The average molecular weight is 453 g/mol. The largest absolute Gasteiger partial charge is 0.293 e. The third-order valence-corrected chi connectivity index (χ3v) is 7.23. The lowest BCUT2D eigenvalue weighted by Crippen LogP contribution is -2.02. The van der Waals surface area contributed by atoms with E-state index in [1.165, 1.54) is 17.3 Å². The van der Waals surface area contributed by atoms with E-state index in [4.69, 9.17) is 0 Å². The van der Waals surface area contributed by atoms with E-state index in [1.807, 2.05) is 42.5 Å². The molecule has 5 rings (SSSR count). The highest BCUT2D eigenvalue weighted by Gasteiger charge is 2.15. The van der Waals surface area contributed by atoms with E-state index in [9.17, 15) is 4.79 Å². The van der Waals surface area contributed by atoms with E-state index in [0.717, 1.165) is 37.5 Å². The highest BCUT2D eigenvalue weighted by molar-refractivity contribution is 8.00. The van der Waals surface area contributed by atoms with Gasteiger partial charge in [-0.2, -0.15) is 0 Å². The molecule has 0 unspecified atom stereocenters. The van der Waals surface area contributed by atoms with Crippen LogP contribution in [0.1, 0.15) is 15.9 Å². The first-order valence-electron chi connectivity index (χ1n) is 10.3. The fourth-order valence-corrected chi connectivity index (χ4v) is 5.49. The van der Waals surface area contributed by atoms with Crippen molar-refractivity contribution in [1.29, 1.82) is 0 Å². The van der Waals surface area contributed by atoms with Gasteiger partial charge in [-0.3, -0.25) is 4.79 Å². The number of hydrogen-bond acceptors (Lipinski definition) is 5. The summed E-state index contributed by atoms with van der Waals surface area (Å²) in [6.07, 6.45) is 1.58. The number of benzene rings is 3. The van der Waals surface area contributed by atoms with E-state index in [-0.39, 0.29) is 5.78 Å². The Morgan fingerprint density at radius 1 is 0.844 bits per heavy atom. The first-order valence-corrected chi connectivity index (χ1v) is 12.2. The molecule has 2 aromatic heterocycles. The smallest absolute Gasteiger partial charge is 0.173 e. The van der Waals surface area contributed by atoms with Gasteiger partial charge in [-0.05, 0) is 23.6 Å². The summed E-state index contributed by atoms with van der Waals surface area (Å²) in [4.78, 5) is 22.8. The quantitative estimate of drug-likeness (QED) is 0.154. The standard InChI is InChI=1S/C27H20N2OS2/c1-18-7-9-21(10-8-18)23-15-31-26-25(23)27(29-17-28-26)32-16-24(30)22-13-11-20(12-14-22)19-5-3-2-4-6-19/h2-15,17H,16H2,1H3. The van der Waals surface area contributed by atoms with Crippen molar-refractivity contribution in [3.63, 3.8) is 0 Å². The fraction of sp³-hybridized carbons (Fsp3) is 0.0741. The zero-order chi connectivity index (χ0) is 21.9. The van der Waals surface area contributed by atoms with Gasteiger partial charge in [0.05, 0.1) is 11.1 Å². The van der Waals surface area contributed by atoms with Crippen LogP contribution in [0.3, 0.4) is 0 Å². The van der Waals surface area contributed by atoms with E-state index in [2.05, 4.69) is 58.7 Å². The highest BCUT2D eigenvalue weighted by atomic mass is 32.2. The molecule has 0 aliphatic rings. The number of rotatable bonds is 6. The molecule has 0 saturated heterocycles.